The minimum atomic E-state index is 0.0395. The van der Waals surface area contributed by atoms with Crippen LogP contribution in [0.4, 0.5) is 0 Å². The zero-order valence-electron chi connectivity index (χ0n) is 10.8. The number of hydrogen-bond acceptors (Lipinski definition) is 4. The average molecular weight is 252 g/mol. The molecular weight excluding hydrogens is 232 g/mol. The van der Waals surface area contributed by atoms with E-state index in [0.29, 0.717) is 18.7 Å². The number of aryl methyl sites for hydroxylation is 1. The van der Waals surface area contributed by atoms with E-state index in [1.54, 1.807) is 6.07 Å². The second kappa shape index (κ2) is 6.02. The third-order valence-corrected chi connectivity index (χ3v) is 3.27. The van der Waals surface area contributed by atoms with Gasteiger partial charge < -0.3 is 14.4 Å². The number of rotatable bonds is 3. The van der Waals surface area contributed by atoms with Gasteiger partial charge in [0, 0.05) is 26.2 Å². The van der Waals surface area contributed by atoms with Gasteiger partial charge in [-0.3, -0.25) is 9.69 Å². The molecule has 2 rings (SSSR count). The molecule has 0 saturated carbocycles. The molecule has 1 amide bonds. The monoisotopic (exact) mass is 252 g/mol. The molecule has 100 valence electrons. The standard InChI is InChI=1S/C13H20N2O3/c1-11-9-12(10-18-11)13(17)15-4-2-3-14(5-6-15)7-8-16/h9-10,16H,2-8H2,1H3. The van der Waals surface area contributed by atoms with Gasteiger partial charge in [0.15, 0.2) is 0 Å². The Morgan fingerprint density at radius 1 is 1.39 bits per heavy atom. The molecule has 1 saturated heterocycles. The molecule has 0 spiro atoms. The Morgan fingerprint density at radius 3 is 2.89 bits per heavy atom. The lowest BCUT2D eigenvalue weighted by Crippen LogP contribution is -2.35. The zero-order chi connectivity index (χ0) is 13.0. The van der Waals surface area contributed by atoms with E-state index in [9.17, 15) is 4.79 Å². The second-order valence-corrected chi connectivity index (χ2v) is 4.66. The maximum absolute atomic E-state index is 12.2. The number of furan rings is 1. The Kier molecular flexibility index (Phi) is 4.38. The molecule has 0 atom stereocenters. The Labute approximate surface area is 107 Å². The lowest BCUT2D eigenvalue weighted by Gasteiger charge is -2.20. The van der Waals surface area contributed by atoms with Gasteiger partial charge in [-0.2, -0.15) is 0 Å². The summed E-state index contributed by atoms with van der Waals surface area (Å²) in [6.45, 7) is 5.94. The lowest BCUT2D eigenvalue weighted by molar-refractivity contribution is 0.0760. The topological polar surface area (TPSA) is 56.9 Å². The summed E-state index contributed by atoms with van der Waals surface area (Å²) >= 11 is 0. The van der Waals surface area contributed by atoms with E-state index in [1.807, 2.05) is 11.8 Å². The van der Waals surface area contributed by atoms with Crippen LogP contribution in [0.5, 0.6) is 0 Å². The molecule has 0 unspecified atom stereocenters. The van der Waals surface area contributed by atoms with Crippen LogP contribution in [0.25, 0.3) is 0 Å². The van der Waals surface area contributed by atoms with E-state index in [4.69, 9.17) is 9.52 Å². The number of carbonyl (C=O) groups excluding carboxylic acids is 1. The van der Waals surface area contributed by atoms with Gasteiger partial charge >= 0.3 is 0 Å². The van der Waals surface area contributed by atoms with Crippen LogP contribution < -0.4 is 0 Å². The van der Waals surface area contributed by atoms with Gasteiger partial charge in [0.25, 0.3) is 5.91 Å². The Hall–Kier alpha value is -1.33. The Balaban J connectivity index is 1.95. The molecule has 1 aromatic heterocycles. The van der Waals surface area contributed by atoms with Gasteiger partial charge in [-0.15, -0.1) is 0 Å². The third kappa shape index (κ3) is 3.11. The minimum absolute atomic E-state index is 0.0395. The molecule has 0 bridgehead atoms. The van der Waals surface area contributed by atoms with Crippen molar-refractivity contribution < 1.29 is 14.3 Å². The van der Waals surface area contributed by atoms with Gasteiger partial charge in [0.1, 0.15) is 12.0 Å². The molecule has 1 fully saturated rings. The Bertz CT molecular complexity index is 403. The van der Waals surface area contributed by atoms with Gasteiger partial charge in [0.2, 0.25) is 0 Å². The summed E-state index contributed by atoms with van der Waals surface area (Å²) in [5, 5.41) is 8.93. The second-order valence-electron chi connectivity index (χ2n) is 4.66. The highest BCUT2D eigenvalue weighted by atomic mass is 16.3. The van der Waals surface area contributed by atoms with E-state index < -0.39 is 0 Å². The molecule has 2 heterocycles. The first-order valence-electron chi connectivity index (χ1n) is 6.38. The molecule has 0 aliphatic carbocycles. The van der Waals surface area contributed by atoms with Crippen molar-refractivity contribution in [3.63, 3.8) is 0 Å². The molecular formula is C13H20N2O3. The summed E-state index contributed by atoms with van der Waals surface area (Å²) < 4.78 is 5.18. The number of aliphatic hydroxyl groups is 1. The SMILES string of the molecule is Cc1cc(C(=O)N2CCCN(CCO)CC2)co1. The first-order chi connectivity index (χ1) is 8.70. The summed E-state index contributed by atoms with van der Waals surface area (Å²) in [6, 6.07) is 1.78. The van der Waals surface area contributed by atoms with Gasteiger partial charge in [0.05, 0.1) is 12.2 Å². The van der Waals surface area contributed by atoms with E-state index in [-0.39, 0.29) is 12.5 Å². The fraction of sp³-hybridized carbons (Fsp3) is 0.615. The molecule has 5 heteroatoms. The van der Waals surface area contributed by atoms with Gasteiger partial charge in [-0.25, -0.2) is 0 Å². The predicted molar refractivity (Wildman–Crippen MR) is 67.5 cm³/mol. The van der Waals surface area contributed by atoms with Gasteiger partial charge in [-0.1, -0.05) is 0 Å². The maximum Gasteiger partial charge on any atom is 0.257 e. The number of amides is 1. The van der Waals surface area contributed by atoms with Crippen LogP contribution >= 0.6 is 0 Å². The number of hydrogen-bond donors (Lipinski definition) is 1. The summed E-state index contributed by atoms with van der Waals surface area (Å²) in [7, 11) is 0. The van der Waals surface area contributed by atoms with Crippen molar-refractivity contribution in [2.45, 2.75) is 13.3 Å². The molecule has 1 aliphatic heterocycles. The largest absolute Gasteiger partial charge is 0.469 e. The first-order valence-corrected chi connectivity index (χ1v) is 6.38. The van der Waals surface area contributed by atoms with Crippen LogP contribution in [0, 0.1) is 6.92 Å². The fourth-order valence-corrected chi connectivity index (χ4v) is 2.28. The first kappa shape index (κ1) is 13.1. The number of nitrogens with zero attached hydrogens (tertiary/aromatic N) is 2. The number of carbonyl (C=O) groups is 1. The molecule has 1 aromatic rings. The normalized spacial score (nSPS) is 17.8. The van der Waals surface area contributed by atoms with E-state index in [1.165, 1.54) is 6.26 Å². The highest BCUT2D eigenvalue weighted by molar-refractivity contribution is 5.94. The predicted octanol–water partition coefficient (Wildman–Crippen LogP) is 0.728. The van der Waals surface area contributed by atoms with Crippen molar-refractivity contribution >= 4 is 5.91 Å². The van der Waals surface area contributed by atoms with Crippen LogP contribution in [-0.2, 0) is 0 Å². The lowest BCUT2D eigenvalue weighted by atomic mass is 10.2. The number of β-amino-alcohol motifs (C(OH)–C–C–N with tert-alkyl or cyclic N) is 1. The summed E-state index contributed by atoms with van der Waals surface area (Å²) in [5.41, 5.74) is 0.628. The highest BCUT2D eigenvalue weighted by Gasteiger charge is 2.21. The zero-order valence-corrected chi connectivity index (χ0v) is 10.8. The van der Waals surface area contributed by atoms with Crippen molar-refractivity contribution in [2.75, 3.05) is 39.3 Å². The van der Waals surface area contributed by atoms with Crippen LogP contribution in [0.1, 0.15) is 22.5 Å². The molecule has 1 aliphatic rings. The quantitative estimate of drug-likeness (QED) is 0.861. The van der Waals surface area contributed by atoms with Crippen LogP contribution in [0.3, 0.4) is 0 Å². The van der Waals surface area contributed by atoms with Crippen LogP contribution in [-0.4, -0.2) is 60.1 Å². The molecule has 5 nitrogen and oxygen atoms in total. The van der Waals surface area contributed by atoms with Crippen LogP contribution in [0.15, 0.2) is 16.7 Å². The van der Waals surface area contributed by atoms with Gasteiger partial charge in [-0.05, 0) is 26.0 Å². The molecule has 1 N–H and O–H groups in total. The smallest absolute Gasteiger partial charge is 0.257 e. The highest BCUT2D eigenvalue weighted by Crippen LogP contribution is 2.12. The van der Waals surface area contributed by atoms with Crippen molar-refractivity contribution in [3.8, 4) is 0 Å². The number of aliphatic hydroxyl groups excluding tert-OH is 1. The molecule has 0 aromatic carbocycles. The molecule has 18 heavy (non-hydrogen) atoms. The van der Waals surface area contributed by atoms with Crippen molar-refractivity contribution in [2.24, 2.45) is 0 Å². The van der Waals surface area contributed by atoms with Crippen molar-refractivity contribution in [1.29, 1.82) is 0 Å². The van der Waals surface area contributed by atoms with Crippen LogP contribution in [0.2, 0.25) is 0 Å². The maximum atomic E-state index is 12.2. The minimum Gasteiger partial charge on any atom is -0.469 e. The molecule has 0 radical (unpaired) electrons. The summed E-state index contributed by atoms with van der Waals surface area (Å²) in [5.74, 6) is 0.799. The average Bonchev–Trinajstić information content (AvgIpc) is 2.65. The van der Waals surface area contributed by atoms with Crippen molar-refractivity contribution in [3.05, 3.63) is 23.7 Å². The fourth-order valence-electron chi connectivity index (χ4n) is 2.28. The Morgan fingerprint density at radius 2 is 2.22 bits per heavy atom. The summed E-state index contributed by atoms with van der Waals surface area (Å²) in [4.78, 5) is 16.3. The van der Waals surface area contributed by atoms with E-state index in [2.05, 4.69) is 4.90 Å². The third-order valence-electron chi connectivity index (χ3n) is 3.27. The summed E-state index contributed by atoms with van der Waals surface area (Å²) in [6.07, 6.45) is 2.47. The van der Waals surface area contributed by atoms with E-state index in [0.717, 1.165) is 31.8 Å². The van der Waals surface area contributed by atoms with E-state index >= 15 is 0 Å². The van der Waals surface area contributed by atoms with Crippen molar-refractivity contribution in [1.82, 2.24) is 9.80 Å².